The van der Waals surface area contributed by atoms with Crippen LogP contribution in [0.5, 0.6) is 0 Å². The number of hydrogen-bond acceptors (Lipinski definition) is 2. The summed E-state index contributed by atoms with van der Waals surface area (Å²) in [7, 11) is 0. The highest BCUT2D eigenvalue weighted by atomic mass is 16.3. The maximum atomic E-state index is 9.46. The minimum Gasteiger partial charge on any atom is -0.396 e. The Morgan fingerprint density at radius 3 is 2.47 bits per heavy atom. The van der Waals surface area contributed by atoms with E-state index in [2.05, 4.69) is 26.1 Å². The summed E-state index contributed by atoms with van der Waals surface area (Å²) < 4.78 is 0. The molecule has 2 bridgehead atoms. The van der Waals surface area contributed by atoms with Crippen LogP contribution < -0.4 is 5.32 Å². The number of hydrogen-bond donors (Lipinski definition) is 2. The van der Waals surface area contributed by atoms with E-state index in [1.165, 1.54) is 38.5 Å². The zero-order valence-corrected chi connectivity index (χ0v) is 12.9. The smallest absolute Gasteiger partial charge is 0.0462 e. The Morgan fingerprint density at radius 1 is 1.11 bits per heavy atom. The van der Waals surface area contributed by atoms with Crippen molar-refractivity contribution in [2.45, 2.75) is 65.3 Å². The van der Waals surface area contributed by atoms with E-state index in [1.807, 2.05) is 0 Å². The third-order valence-electron chi connectivity index (χ3n) is 6.90. The SMILES string of the molecule is CC1(C)C(NCC2CCCC2CO)[C@]2(C)CC[C@H]1C2. The first-order valence-electron chi connectivity index (χ1n) is 8.31. The molecule has 0 aromatic heterocycles. The fourth-order valence-electron chi connectivity index (χ4n) is 5.70. The molecule has 3 fully saturated rings. The number of rotatable bonds is 4. The van der Waals surface area contributed by atoms with Crippen molar-refractivity contribution in [1.29, 1.82) is 0 Å². The van der Waals surface area contributed by atoms with Gasteiger partial charge >= 0.3 is 0 Å². The van der Waals surface area contributed by atoms with Crippen LogP contribution in [-0.4, -0.2) is 24.3 Å². The Kier molecular flexibility index (Phi) is 3.46. The van der Waals surface area contributed by atoms with Crippen LogP contribution in [0.25, 0.3) is 0 Å². The molecule has 5 atom stereocenters. The molecule has 2 heteroatoms. The summed E-state index contributed by atoms with van der Waals surface area (Å²) in [5, 5.41) is 13.4. The number of aliphatic hydroxyl groups is 1. The number of aliphatic hydroxyl groups excluding tert-OH is 1. The molecule has 0 radical (unpaired) electrons. The summed E-state index contributed by atoms with van der Waals surface area (Å²) in [6, 6.07) is 0.679. The molecule has 0 aromatic rings. The number of nitrogens with one attached hydrogen (secondary N) is 1. The second-order valence-corrected chi connectivity index (χ2v) is 8.39. The molecule has 19 heavy (non-hydrogen) atoms. The van der Waals surface area contributed by atoms with E-state index in [1.54, 1.807) is 0 Å². The first kappa shape index (κ1) is 13.9. The minimum absolute atomic E-state index is 0.389. The Hall–Kier alpha value is -0.0800. The van der Waals surface area contributed by atoms with Crippen molar-refractivity contribution in [3.63, 3.8) is 0 Å². The van der Waals surface area contributed by atoms with Crippen LogP contribution in [0, 0.1) is 28.6 Å². The van der Waals surface area contributed by atoms with Gasteiger partial charge in [-0.05, 0) is 67.2 Å². The quantitative estimate of drug-likeness (QED) is 0.818. The standard InChI is InChI=1S/C17H31NO/c1-16(2)14-7-8-17(3,9-14)15(16)18-10-12-5-4-6-13(12)11-19/h12-15,18-19H,4-11H2,1-3H3/t12?,13?,14-,15?,17+/m0/s1. The molecule has 0 spiro atoms. The van der Waals surface area contributed by atoms with Gasteiger partial charge in [-0.2, -0.15) is 0 Å². The van der Waals surface area contributed by atoms with Crippen molar-refractivity contribution in [3.05, 3.63) is 0 Å². The molecule has 3 aliphatic carbocycles. The second-order valence-electron chi connectivity index (χ2n) is 8.39. The third-order valence-corrected chi connectivity index (χ3v) is 6.90. The minimum atomic E-state index is 0.389. The Bertz CT molecular complexity index is 335. The van der Waals surface area contributed by atoms with Gasteiger partial charge in [0, 0.05) is 12.6 Å². The van der Waals surface area contributed by atoms with E-state index in [0.29, 0.717) is 35.3 Å². The number of fused-ring (bicyclic) bond motifs is 2. The molecule has 3 aliphatic rings. The lowest BCUT2D eigenvalue weighted by molar-refractivity contribution is 0.0991. The Labute approximate surface area is 118 Å². The average Bonchev–Trinajstić information content (AvgIpc) is 2.99. The highest BCUT2D eigenvalue weighted by molar-refractivity contribution is 5.12. The molecular formula is C17H31NO. The fourth-order valence-corrected chi connectivity index (χ4v) is 5.70. The molecule has 2 N–H and O–H groups in total. The molecule has 0 heterocycles. The summed E-state index contributed by atoms with van der Waals surface area (Å²) in [5.74, 6) is 2.19. The lowest BCUT2D eigenvalue weighted by Gasteiger charge is -2.44. The summed E-state index contributed by atoms with van der Waals surface area (Å²) in [4.78, 5) is 0. The van der Waals surface area contributed by atoms with E-state index in [4.69, 9.17) is 0 Å². The van der Waals surface area contributed by atoms with Gasteiger partial charge in [0.05, 0.1) is 0 Å². The summed E-state index contributed by atoms with van der Waals surface area (Å²) in [6.45, 7) is 8.95. The maximum absolute atomic E-state index is 9.46. The molecule has 0 aliphatic heterocycles. The van der Waals surface area contributed by atoms with Crippen LogP contribution in [0.15, 0.2) is 0 Å². The van der Waals surface area contributed by atoms with Crippen molar-refractivity contribution in [2.75, 3.05) is 13.2 Å². The van der Waals surface area contributed by atoms with E-state index in [-0.39, 0.29) is 0 Å². The summed E-state index contributed by atoms with van der Waals surface area (Å²) >= 11 is 0. The topological polar surface area (TPSA) is 32.3 Å². The van der Waals surface area contributed by atoms with Gasteiger partial charge in [-0.25, -0.2) is 0 Å². The third kappa shape index (κ3) is 2.15. The van der Waals surface area contributed by atoms with Crippen molar-refractivity contribution in [3.8, 4) is 0 Å². The van der Waals surface area contributed by atoms with Crippen molar-refractivity contribution in [1.82, 2.24) is 5.32 Å². The van der Waals surface area contributed by atoms with Crippen LogP contribution >= 0.6 is 0 Å². The van der Waals surface area contributed by atoms with Gasteiger partial charge in [0.2, 0.25) is 0 Å². The first-order valence-corrected chi connectivity index (χ1v) is 8.31. The average molecular weight is 265 g/mol. The van der Waals surface area contributed by atoms with Crippen LogP contribution in [0.1, 0.15) is 59.3 Å². The summed E-state index contributed by atoms with van der Waals surface area (Å²) in [6.07, 6.45) is 8.12. The van der Waals surface area contributed by atoms with E-state index < -0.39 is 0 Å². The molecule has 3 unspecified atom stereocenters. The lowest BCUT2D eigenvalue weighted by Crippen LogP contribution is -2.51. The summed E-state index contributed by atoms with van der Waals surface area (Å²) in [5.41, 5.74) is 0.988. The molecule has 0 amide bonds. The van der Waals surface area contributed by atoms with Gasteiger partial charge in [-0.15, -0.1) is 0 Å². The molecule has 2 nitrogen and oxygen atoms in total. The van der Waals surface area contributed by atoms with Crippen LogP contribution in [0.2, 0.25) is 0 Å². The van der Waals surface area contributed by atoms with Crippen LogP contribution in [0.3, 0.4) is 0 Å². The van der Waals surface area contributed by atoms with Crippen molar-refractivity contribution >= 4 is 0 Å². The highest BCUT2D eigenvalue weighted by Gasteiger charge is 2.59. The highest BCUT2D eigenvalue weighted by Crippen LogP contribution is 2.62. The normalized spacial score (nSPS) is 48.0. The van der Waals surface area contributed by atoms with Gasteiger partial charge in [0.15, 0.2) is 0 Å². The Balaban J connectivity index is 1.63. The zero-order valence-electron chi connectivity index (χ0n) is 12.9. The zero-order chi connectivity index (χ0) is 13.7. The predicted octanol–water partition coefficient (Wildman–Crippen LogP) is 3.20. The largest absolute Gasteiger partial charge is 0.396 e. The van der Waals surface area contributed by atoms with Gasteiger partial charge in [-0.1, -0.05) is 27.2 Å². The van der Waals surface area contributed by atoms with Gasteiger partial charge in [0.25, 0.3) is 0 Å². The van der Waals surface area contributed by atoms with Crippen molar-refractivity contribution in [2.24, 2.45) is 28.6 Å². The monoisotopic (exact) mass is 265 g/mol. The molecule has 110 valence electrons. The molecular weight excluding hydrogens is 234 g/mol. The van der Waals surface area contributed by atoms with Gasteiger partial charge in [-0.3, -0.25) is 0 Å². The predicted molar refractivity (Wildman–Crippen MR) is 78.9 cm³/mol. The van der Waals surface area contributed by atoms with Crippen LogP contribution in [0.4, 0.5) is 0 Å². The molecule has 3 rings (SSSR count). The van der Waals surface area contributed by atoms with Crippen LogP contribution in [-0.2, 0) is 0 Å². The maximum Gasteiger partial charge on any atom is 0.0462 e. The second kappa shape index (κ2) is 4.73. The lowest BCUT2D eigenvalue weighted by atomic mass is 9.68. The van der Waals surface area contributed by atoms with Crippen molar-refractivity contribution < 1.29 is 5.11 Å². The molecule has 3 saturated carbocycles. The fraction of sp³-hybridized carbons (Fsp3) is 1.00. The molecule has 0 saturated heterocycles. The Morgan fingerprint density at radius 2 is 1.84 bits per heavy atom. The van der Waals surface area contributed by atoms with Gasteiger partial charge < -0.3 is 10.4 Å². The van der Waals surface area contributed by atoms with Gasteiger partial charge in [0.1, 0.15) is 0 Å². The van der Waals surface area contributed by atoms with E-state index >= 15 is 0 Å². The first-order chi connectivity index (χ1) is 8.97. The molecule has 0 aromatic carbocycles. The van der Waals surface area contributed by atoms with E-state index in [0.717, 1.165) is 12.5 Å². The van der Waals surface area contributed by atoms with E-state index in [9.17, 15) is 5.11 Å².